The Hall–Kier alpha value is -3.38. The van der Waals surface area contributed by atoms with Gasteiger partial charge in [0.25, 0.3) is 0 Å². The van der Waals surface area contributed by atoms with Gasteiger partial charge in [0.2, 0.25) is 0 Å². The first-order chi connectivity index (χ1) is 14.7. The monoisotopic (exact) mass is 420 g/mol. The molecule has 164 valence electrons. The normalized spacial score (nSPS) is 10.0. The summed E-state index contributed by atoms with van der Waals surface area (Å²) in [6, 6.07) is 34.7. The lowest BCUT2D eigenvalue weighted by molar-refractivity contribution is 1.50. The largest absolute Gasteiger partial charge is 0.0776 e. The maximum Gasteiger partial charge on any atom is -0.00241 e. The summed E-state index contributed by atoms with van der Waals surface area (Å²) in [5.41, 5.74) is 2.71. The molecule has 0 aliphatic carbocycles. The lowest BCUT2D eigenvalue weighted by atomic mass is 9.92. The van der Waals surface area contributed by atoms with Crippen molar-refractivity contribution in [3.05, 3.63) is 108 Å². The third-order valence-electron chi connectivity index (χ3n) is 5.75. The molecule has 0 aliphatic heterocycles. The number of aryl methyl sites for hydroxylation is 2. The van der Waals surface area contributed by atoms with Crippen LogP contribution in [-0.2, 0) is 0 Å². The van der Waals surface area contributed by atoms with Gasteiger partial charge in [0.05, 0.1) is 0 Å². The maximum absolute atomic E-state index is 2.25. The molecule has 0 amide bonds. The molecular formula is C32H36. The van der Waals surface area contributed by atoms with E-state index in [4.69, 9.17) is 0 Å². The van der Waals surface area contributed by atoms with E-state index in [1.807, 2.05) is 13.8 Å². The molecule has 0 unspecified atom stereocenters. The van der Waals surface area contributed by atoms with Gasteiger partial charge in [-0.1, -0.05) is 126 Å². The summed E-state index contributed by atoms with van der Waals surface area (Å²) in [6.45, 7) is 8.33. The Morgan fingerprint density at radius 2 is 0.844 bits per heavy atom. The van der Waals surface area contributed by atoms with Crippen LogP contribution in [0.15, 0.2) is 97.1 Å². The maximum atomic E-state index is 2.25. The van der Waals surface area contributed by atoms with E-state index in [2.05, 4.69) is 111 Å². The molecule has 0 saturated carbocycles. The molecule has 6 aromatic rings. The Bertz CT molecular complexity index is 1400. The Kier molecular flexibility index (Phi) is 8.38. The van der Waals surface area contributed by atoms with Crippen LogP contribution in [0.1, 0.15) is 39.8 Å². The molecule has 0 aliphatic rings. The fraction of sp³-hybridized carbons (Fsp3) is 0.188. The fourth-order valence-corrected chi connectivity index (χ4v) is 4.27. The van der Waals surface area contributed by atoms with Gasteiger partial charge in [-0.25, -0.2) is 0 Å². The minimum Gasteiger partial charge on any atom is -0.0776 e. The van der Waals surface area contributed by atoms with Crippen molar-refractivity contribution in [2.24, 2.45) is 0 Å². The average molecular weight is 421 g/mol. The molecular weight excluding hydrogens is 384 g/mol. The van der Waals surface area contributed by atoms with Gasteiger partial charge in [0, 0.05) is 0 Å². The molecule has 0 heterocycles. The second-order valence-electron chi connectivity index (χ2n) is 7.53. The van der Waals surface area contributed by atoms with Crippen molar-refractivity contribution in [2.75, 3.05) is 0 Å². The highest BCUT2D eigenvalue weighted by Gasteiger charge is 2.08. The zero-order valence-electron chi connectivity index (χ0n) is 18.2. The highest BCUT2D eigenvalue weighted by Crippen LogP contribution is 2.35. The van der Waals surface area contributed by atoms with Crippen LogP contribution in [-0.4, -0.2) is 0 Å². The first-order valence-electron chi connectivity index (χ1n) is 10.8. The Morgan fingerprint density at radius 3 is 1.53 bits per heavy atom. The summed E-state index contributed by atoms with van der Waals surface area (Å²) in [6.07, 6.45) is 0. The Labute approximate surface area is 193 Å². The molecule has 6 aromatic carbocycles. The predicted octanol–water partition coefficient (Wildman–Crippen LogP) is 10.3. The van der Waals surface area contributed by atoms with Crippen LogP contribution >= 0.6 is 0 Å². The predicted molar refractivity (Wildman–Crippen MR) is 148 cm³/mol. The highest BCUT2D eigenvalue weighted by atomic mass is 14.1. The van der Waals surface area contributed by atoms with Crippen LogP contribution in [0, 0.1) is 13.8 Å². The molecule has 0 aromatic heterocycles. The highest BCUT2D eigenvalue weighted by molar-refractivity contribution is 6.23. The smallest absolute Gasteiger partial charge is 0.00241 e. The Balaban J connectivity index is 0.000000213. The molecule has 0 heteroatoms. The summed E-state index contributed by atoms with van der Waals surface area (Å²) < 4.78 is 0. The zero-order valence-corrected chi connectivity index (χ0v) is 18.2. The first kappa shape index (κ1) is 24.9. The molecule has 0 bridgehead atoms. The average Bonchev–Trinajstić information content (AvgIpc) is 2.81. The standard InChI is InChI=1S/C17H12.C11H10.C2H6.2CH4/c1-11-5-6-14-8-7-12-3-2-4-13-9-10-15(11)17(14)16(12)13;1-9-5-4-7-10-6-2-3-8-11(9)10;1-2;;/h2-10H,1H3;2-8H,1H3;1-2H3;2*1H4. The topological polar surface area (TPSA) is 0 Å². The number of rotatable bonds is 0. The van der Waals surface area contributed by atoms with Gasteiger partial charge < -0.3 is 0 Å². The van der Waals surface area contributed by atoms with E-state index in [0.29, 0.717) is 0 Å². The van der Waals surface area contributed by atoms with E-state index in [1.165, 1.54) is 54.2 Å². The lowest BCUT2D eigenvalue weighted by Gasteiger charge is -2.11. The van der Waals surface area contributed by atoms with Crippen molar-refractivity contribution in [1.82, 2.24) is 0 Å². The molecule has 6 rings (SSSR count). The van der Waals surface area contributed by atoms with E-state index in [0.717, 1.165) is 0 Å². The second-order valence-corrected chi connectivity index (χ2v) is 7.53. The summed E-state index contributed by atoms with van der Waals surface area (Å²) in [7, 11) is 0. The molecule has 32 heavy (non-hydrogen) atoms. The van der Waals surface area contributed by atoms with E-state index < -0.39 is 0 Å². The van der Waals surface area contributed by atoms with E-state index in [1.54, 1.807) is 0 Å². The molecule has 0 atom stereocenters. The fourth-order valence-electron chi connectivity index (χ4n) is 4.27. The minimum atomic E-state index is 0. The SMILES string of the molecule is C.C.CC.Cc1ccc2ccc3cccc4ccc1c2c34.Cc1cccc2ccccc12. The molecule has 0 radical (unpaired) electrons. The second kappa shape index (κ2) is 10.8. The van der Waals surface area contributed by atoms with Gasteiger partial charge in [-0.2, -0.15) is 0 Å². The summed E-state index contributed by atoms with van der Waals surface area (Å²) in [5.74, 6) is 0. The van der Waals surface area contributed by atoms with Gasteiger partial charge in [0.15, 0.2) is 0 Å². The Morgan fingerprint density at radius 1 is 0.375 bits per heavy atom. The molecule has 0 fully saturated rings. The van der Waals surface area contributed by atoms with Crippen molar-refractivity contribution < 1.29 is 0 Å². The minimum absolute atomic E-state index is 0. The number of benzene rings is 6. The number of hydrogen-bond acceptors (Lipinski definition) is 0. The third kappa shape index (κ3) is 4.46. The zero-order chi connectivity index (χ0) is 21.1. The summed E-state index contributed by atoms with van der Waals surface area (Å²) in [5, 5.41) is 10.9. The van der Waals surface area contributed by atoms with Crippen LogP contribution < -0.4 is 0 Å². The summed E-state index contributed by atoms with van der Waals surface area (Å²) >= 11 is 0. The van der Waals surface area contributed by atoms with Crippen molar-refractivity contribution in [2.45, 2.75) is 42.5 Å². The van der Waals surface area contributed by atoms with Crippen LogP contribution in [0.25, 0.3) is 43.1 Å². The van der Waals surface area contributed by atoms with Crippen LogP contribution in [0.5, 0.6) is 0 Å². The van der Waals surface area contributed by atoms with Crippen molar-refractivity contribution in [1.29, 1.82) is 0 Å². The van der Waals surface area contributed by atoms with Crippen molar-refractivity contribution >= 4 is 43.1 Å². The number of hydrogen-bond donors (Lipinski definition) is 0. The lowest BCUT2D eigenvalue weighted by Crippen LogP contribution is -1.85. The van der Waals surface area contributed by atoms with E-state index >= 15 is 0 Å². The van der Waals surface area contributed by atoms with Crippen molar-refractivity contribution in [3.63, 3.8) is 0 Å². The van der Waals surface area contributed by atoms with Gasteiger partial charge >= 0.3 is 0 Å². The van der Waals surface area contributed by atoms with Gasteiger partial charge in [-0.3, -0.25) is 0 Å². The van der Waals surface area contributed by atoms with Crippen LogP contribution in [0.2, 0.25) is 0 Å². The quantitative estimate of drug-likeness (QED) is 0.214. The van der Waals surface area contributed by atoms with Gasteiger partial charge in [0.1, 0.15) is 0 Å². The van der Waals surface area contributed by atoms with Crippen molar-refractivity contribution in [3.8, 4) is 0 Å². The van der Waals surface area contributed by atoms with E-state index in [9.17, 15) is 0 Å². The van der Waals surface area contributed by atoms with Crippen LogP contribution in [0.4, 0.5) is 0 Å². The molecule has 0 saturated heterocycles. The molecule has 0 N–H and O–H groups in total. The number of fused-ring (bicyclic) bond motifs is 1. The van der Waals surface area contributed by atoms with Gasteiger partial charge in [-0.05, 0) is 68.1 Å². The van der Waals surface area contributed by atoms with E-state index in [-0.39, 0.29) is 14.9 Å². The van der Waals surface area contributed by atoms with Gasteiger partial charge in [-0.15, -0.1) is 0 Å². The molecule has 0 nitrogen and oxygen atoms in total. The first-order valence-corrected chi connectivity index (χ1v) is 10.8. The van der Waals surface area contributed by atoms with Crippen LogP contribution in [0.3, 0.4) is 0 Å². The third-order valence-corrected chi connectivity index (χ3v) is 5.75. The summed E-state index contributed by atoms with van der Waals surface area (Å²) in [4.78, 5) is 0. The molecule has 0 spiro atoms.